The SMILES string of the molecule is CCCCC/C=C\C/C=C\C/C=C\CCCCCCCCC(=O)OCC(COC1OC(C(=O)O)C(O)C(O)C1O)OC(=O)CCCCCCCCCCCCCCCCCCCCCCCCC. The number of carbonyl (C=O) groups excluding carboxylic acids is 2. The lowest BCUT2D eigenvalue weighted by atomic mass is 9.99. The number of carboxylic acids is 1. The number of carboxylic acid groups (broad SMARTS) is 1. The minimum atomic E-state index is -1.86. The Bertz CT molecular complexity index is 1270. The third-order valence-corrected chi connectivity index (χ3v) is 13.0. The average molecular weight is 963 g/mol. The Kier molecular flexibility index (Phi) is 43.7. The first kappa shape index (κ1) is 63.4. The number of aliphatic carboxylic acids is 1. The second-order valence-electron chi connectivity index (χ2n) is 19.4. The number of hydrogen-bond donors (Lipinski definition) is 4. The summed E-state index contributed by atoms with van der Waals surface area (Å²) in [5.74, 6) is -2.44. The van der Waals surface area contributed by atoms with E-state index in [4.69, 9.17) is 18.9 Å². The van der Waals surface area contributed by atoms with E-state index in [-0.39, 0.29) is 19.4 Å². The van der Waals surface area contributed by atoms with Crippen LogP contribution in [0.2, 0.25) is 0 Å². The smallest absolute Gasteiger partial charge is 0.335 e. The Balaban J connectivity index is 2.25. The first-order valence-electron chi connectivity index (χ1n) is 28.0. The summed E-state index contributed by atoms with van der Waals surface area (Å²) in [5, 5.41) is 40.0. The fraction of sp³-hybridized carbons (Fsp3) is 0.842. The van der Waals surface area contributed by atoms with Crippen molar-refractivity contribution in [3.05, 3.63) is 36.5 Å². The van der Waals surface area contributed by atoms with Crippen molar-refractivity contribution in [2.45, 2.75) is 295 Å². The maximum absolute atomic E-state index is 12.9. The van der Waals surface area contributed by atoms with Crippen molar-refractivity contribution in [1.29, 1.82) is 0 Å². The summed E-state index contributed by atoms with van der Waals surface area (Å²) in [4.78, 5) is 37.1. The van der Waals surface area contributed by atoms with Crippen LogP contribution in [0.4, 0.5) is 0 Å². The van der Waals surface area contributed by atoms with E-state index in [9.17, 15) is 34.8 Å². The van der Waals surface area contributed by atoms with Crippen LogP contribution in [0, 0.1) is 0 Å². The first-order valence-corrected chi connectivity index (χ1v) is 28.0. The minimum Gasteiger partial charge on any atom is -0.479 e. The van der Waals surface area contributed by atoms with Gasteiger partial charge in [0, 0.05) is 12.8 Å². The highest BCUT2D eigenvalue weighted by Gasteiger charge is 2.47. The van der Waals surface area contributed by atoms with E-state index in [1.54, 1.807) is 0 Å². The minimum absolute atomic E-state index is 0.184. The molecule has 0 bridgehead atoms. The normalized spacial score (nSPS) is 19.1. The van der Waals surface area contributed by atoms with Crippen LogP contribution in [0.15, 0.2) is 36.5 Å². The van der Waals surface area contributed by atoms with E-state index in [1.807, 2.05) is 0 Å². The summed E-state index contributed by atoms with van der Waals surface area (Å²) < 4.78 is 21.9. The van der Waals surface area contributed by atoms with Crippen molar-refractivity contribution in [1.82, 2.24) is 0 Å². The van der Waals surface area contributed by atoms with E-state index < -0.39 is 61.3 Å². The zero-order valence-electron chi connectivity index (χ0n) is 43.4. The molecule has 0 aromatic heterocycles. The zero-order valence-corrected chi connectivity index (χ0v) is 43.4. The maximum Gasteiger partial charge on any atom is 0.335 e. The largest absolute Gasteiger partial charge is 0.479 e. The standard InChI is InChI=1S/C57H102O11/c1-3-5-7-9-11-13-15-17-19-21-23-24-25-26-28-30-32-34-36-38-40-42-44-46-51(59)67-49(48-66-57-54(62)52(60)53(61)55(68-57)56(63)64)47-65-50(58)45-43-41-39-37-35-33-31-29-27-22-20-18-16-14-12-10-8-6-4-2/h12,14,18,20,27,29,49,52-55,57,60-62H,3-11,13,15-17,19,21-26,28,30-48H2,1-2H3,(H,63,64)/b14-12-,20-18-,29-27-. The van der Waals surface area contributed by atoms with Gasteiger partial charge in [0.2, 0.25) is 0 Å². The predicted molar refractivity (Wildman–Crippen MR) is 275 cm³/mol. The lowest BCUT2D eigenvalue weighted by Gasteiger charge is -2.38. The highest BCUT2D eigenvalue weighted by Crippen LogP contribution is 2.23. The van der Waals surface area contributed by atoms with E-state index in [2.05, 4.69) is 50.3 Å². The topological polar surface area (TPSA) is 169 Å². The molecule has 0 aromatic rings. The number of aliphatic hydroxyl groups excluding tert-OH is 3. The number of carbonyl (C=O) groups is 3. The number of rotatable bonds is 48. The van der Waals surface area contributed by atoms with Crippen LogP contribution in [0.25, 0.3) is 0 Å². The quantitative estimate of drug-likeness (QED) is 0.0260. The van der Waals surface area contributed by atoms with Gasteiger partial charge in [0.1, 0.15) is 24.9 Å². The Morgan fingerprint density at radius 1 is 0.456 bits per heavy atom. The molecule has 0 aromatic carbocycles. The van der Waals surface area contributed by atoms with Crippen LogP contribution in [-0.2, 0) is 33.3 Å². The van der Waals surface area contributed by atoms with Crippen LogP contribution in [-0.4, -0.2) is 88.4 Å². The van der Waals surface area contributed by atoms with Crippen LogP contribution in [0.5, 0.6) is 0 Å². The van der Waals surface area contributed by atoms with Crippen LogP contribution >= 0.6 is 0 Å². The number of unbranched alkanes of at least 4 members (excludes halogenated alkanes) is 31. The fourth-order valence-corrected chi connectivity index (χ4v) is 8.59. The molecule has 4 N–H and O–H groups in total. The Hall–Kier alpha value is -2.57. The van der Waals surface area contributed by atoms with Crippen LogP contribution in [0.1, 0.15) is 258 Å². The average Bonchev–Trinajstić information content (AvgIpc) is 3.32. The summed E-state index contributed by atoms with van der Waals surface area (Å²) in [5.41, 5.74) is 0. The summed E-state index contributed by atoms with van der Waals surface area (Å²) in [6.45, 7) is 3.82. The molecule has 1 fully saturated rings. The zero-order chi connectivity index (χ0) is 49.6. The molecule has 6 atom stereocenters. The second kappa shape index (κ2) is 46.8. The predicted octanol–water partition coefficient (Wildman–Crippen LogP) is 13.9. The molecular weight excluding hydrogens is 861 g/mol. The van der Waals surface area contributed by atoms with Gasteiger partial charge in [-0.3, -0.25) is 9.59 Å². The van der Waals surface area contributed by atoms with Crippen molar-refractivity contribution in [2.75, 3.05) is 13.2 Å². The van der Waals surface area contributed by atoms with Crippen molar-refractivity contribution in [2.24, 2.45) is 0 Å². The molecule has 0 saturated carbocycles. The van der Waals surface area contributed by atoms with Gasteiger partial charge in [0.25, 0.3) is 0 Å². The van der Waals surface area contributed by atoms with Crippen molar-refractivity contribution >= 4 is 17.9 Å². The van der Waals surface area contributed by atoms with Crippen molar-refractivity contribution < 1.29 is 53.8 Å². The molecule has 1 aliphatic rings. The van der Waals surface area contributed by atoms with Crippen molar-refractivity contribution in [3.63, 3.8) is 0 Å². The molecule has 0 aliphatic carbocycles. The number of hydrogen-bond acceptors (Lipinski definition) is 10. The lowest BCUT2D eigenvalue weighted by molar-refractivity contribution is -0.298. The third kappa shape index (κ3) is 37.3. The highest BCUT2D eigenvalue weighted by molar-refractivity contribution is 5.73. The van der Waals surface area contributed by atoms with Crippen LogP contribution in [0.3, 0.4) is 0 Å². The molecule has 11 heteroatoms. The van der Waals surface area contributed by atoms with E-state index in [0.29, 0.717) is 12.8 Å². The molecule has 68 heavy (non-hydrogen) atoms. The molecule has 0 amide bonds. The molecule has 396 valence electrons. The Labute approximate surface area is 414 Å². The van der Waals surface area contributed by atoms with E-state index in [1.165, 1.54) is 148 Å². The summed E-state index contributed by atoms with van der Waals surface area (Å²) in [7, 11) is 0. The Morgan fingerprint density at radius 2 is 0.824 bits per heavy atom. The molecule has 1 saturated heterocycles. The number of aliphatic hydroxyl groups is 3. The molecule has 0 spiro atoms. The van der Waals surface area contributed by atoms with Gasteiger partial charge >= 0.3 is 17.9 Å². The highest BCUT2D eigenvalue weighted by atomic mass is 16.7. The molecule has 1 rings (SSSR count). The maximum atomic E-state index is 12.9. The monoisotopic (exact) mass is 963 g/mol. The summed E-state index contributed by atoms with van der Waals surface area (Å²) in [6, 6.07) is 0. The molecule has 0 radical (unpaired) electrons. The van der Waals surface area contributed by atoms with Gasteiger partial charge in [-0.25, -0.2) is 4.79 Å². The summed E-state index contributed by atoms with van der Waals surface area (Å²) >= 11 is 0. The number of ether oxygens (including phenoxy) is 4. The van der Waals surface area contributed by atoms with Crippen molar-refractivity contribution in [3.8, 4) is 0 Å². The van der Waals surface area contributed by atoms with Gasteiger partial charge in [-0.2, -0.15) is 0 Å². The van der Waals surface area contributed by atoms with Gasteiger partial charge in [-0.05, 0) is 51.4 Å². The van der Waals surface area contributed by atoms with Gasteiger partial charge in [-0.15, -0.1) is 0 Å². The second-order valence-corrected chi connectivity index (χ2v) is 19.4. The lowest BCUT2D eigenvalue weighted by Crippen LogP contribution is -2.60. The Morgan fingerprint density at radius 3 is 1.26 bits per heavy atom. The van der Waals surface area contributed by atoms with Gasteiger partial charge in [0.15, 0.2) is 18.5 Å². The first-order chi connectivity index (χ1) is 33.2. The number of esters is 2. The van der Waals surface area contributed by atoms with Gasteiger partial charge in [0.05, 0.1) is 6.61 Å². The number of allylic oxidation sites excluding steroid dienone is 6. The summed E-state index contributed by atoms with van der Waals surface area (Å²) in [6.07, 6.45) is 47.7. The van der Waals surface area contributed by atoms with E-state index in [0.717, 1.165) is 70.6 Å². The van der Waals surface area contributed by atoms with E-state index >= 15 is 0 Å². The van der Waals surface area contributed by atoms with Crippen LogP contribution < -0.4 is 0 Å². The molecular formula is C57H102O11. The van der Waals surface area contributed by atoms with Gasteiger partial charge < -0.3 is 39.4 Å². The fourth-order valence-electron chi connectivity index (χ4n) is 8.59. The molecule has 6 unspecified atom stereocenters. The molecule has 11 nitrogen and oxygen atoms in total. The molecule has 1 heterocycles. The third-order valence-electron chi connectivity index (χ3n) is 13.0. The molecule has 1 aliphatic heterocycles. The van der Waals surface area contributed by atoms with Gasteiger partial charge in [-0.1, -0.05) is 230 Å².